The maximum atomic E-state index is 13.5. The van der Waals surface area contributed by atoms with Crippen LogP contribution in [0.2, 0.25) is 0 Å². The fraction of sp³-hybridized carbons (Fsp3) is 0.304. The van der Waals surface area contributed by atoms with Crippen LogP contribution in [0.1, 0.15) is 22.8 Å². The lowest BCUT2D eigenvalue weighted by Crippen LogP contribution is -2.44. The molecule has 0 saturated heterocycles. The highest BCUT2D eigenvalue weighted by Gasteiger charge is 2.25. The standard InChI is InChI=1S/C23H24N6O5S/c1-5-26(3)18(31)13-27-20(32)19-14(2)21(29-24-10-11-25-29)35-22(19)28(23(27)33)12-16(30)15-8-6-7-9-17(15)34-4/h6-11H,5,12-13H2,1-4H3. The minimum Gasteiger partial charge on any atom is -0.496 e. The zero-order valence-corrected chi connectivity index (χ0v) is 20.5. The molecule has 0 fully saturated rings. The van der Waals surface area contributed by atoms with Crippen LogP contribution in [0.5, 0.6) is 5.75 Å². The van der Waals surface area contributed by atoms with E-state index >= 15 is 0 Å². The third-order valence-corrected chi connectivity index (χ3v) is 7.05. The van der Waals surface area contributed by atoms with Gasteiger partial charge in [0.15, 0.2) is 5.78 Å². The van der Waals surface area contributed by atoms with Gasteiger partial charge in [-0.25, -0.2) is 4.79 Å². The minimum absolute atomic E-state index is 0.238. The van der Waals surface area contributed by atoms with Gasteiger partial charge in [-0.2, -0.15) is 10.2 Å². The molecule has 1 amide bonds. The summed E-state index contributed by atoms with van der Waals surface area (Å²) >= 11 is 1.13. The summed E-state index contributed by atoms with van der Waals surface area (Å²) in [5.41, 5.74) is -0.493. The van der Waals surface area contributed by atoms with Crippen molar-refractivity contribution in [2.24, 2.45) is 0 Å². The lowest BCUT2D eigenvalue weighted by atomic mass is 10.1. The molecule has 12 heteroatoms. The summed E-state index contributed by atoms with van der Waals surface area (Å²) in [6.07, 6.45) is 3.00. The first-order valence-electron chi connectivity index (χ1n) is 10.8. The van der Waals surface area contributed by atoms with Crippen LogP contribution in [0.25, 0.3) is 15.2 Å². The highest BCUT2D eigenvalue weighted by molar-refractivity contribution is 7.21. The number of aromatic nitrogens is 5. The van der Waals surface area contributed by atoms with E-state index in [4.69, 9.17) is 4.74 Å². The Kier molecular flexibility index (Phi) is 6.65. The summed E-state index contributed by atoms with van der Waals surface area (Å²) < 4.78 is 7.41. The molecular formula is C23H24N6O5S. The van der Waals surface area contributed by atoms with Crippen LogP contribution in [0, 0.1) is 6.92 Å². The molecule has 0 aliphatic heterocycles. The molecule has 0 N–H and O–H groups in total. The summed E-state index contributed by atoms with van der Waals surface area (Å²) in [6.45, 7) is 3.15. The second-order valence-electron chi connectivity index (χ2n) is 7.82. The first-order valence-corrected chi connectivity index (χ1v) is 11.6. The highest BCUT2D eigenvalue weighted by Crippen LogP contribution is 2.30. The number of fused-ring (bicyclic) bond motifs is 1. The van der Waals surface area contributed by atoms with E-state index in [1.807, 2.05) is 0 Å². The van der Waals surface area contributed by atoms with Gasteiger partial charge in [-0.1, -0.05) is 23.5 Å². The number of amides is 1. The largest absolute Gasteiger partial charge is 0.496 e. The van der Waals surface area contributed by atoms with Gasteiger partial charge in [-0.3, -0.25) is 23.5 Å². The molecule has 0 unspecified atom stereocenters. The predicted octanol–water partition coefficient (Wildman–Crippen LogP) is 1.48. The molecule has 0 spiro atoms. The number of Topliss-reactive ketones (excluding diaryl/α,β-unsaturated/α-hetero) is 1. The number of carbonyl (C=O) groups excluding carboxylic acids is 2. The normalized spacial score (nSPS) is 11.1. The monoisotopic (exact) mass is 496 g/mol. The van der Waals surface area contributed by atoms with Gasteiger partial charge in [-0.15, -0.1) is 4.80 Å². The van der Waals surface area contributed by atoms with Crippen molar-refractivity contribution >= 4 is 33.2 Å². The van der Waals surface area contributed by atoms with Crippen molar-refractivity contribution in [2.75, 3.05) is 20.7 Å². The second-order valence-corrected chi connectivity index (χ2v) is 8.80. The van der Waals surface area contributed by atoms with Crippen molar-refractivity contribution in [1.29, 1.82) is 0 Å². The first-order chi connectivity index (χ1) is 16.8. The quantitative estimate of drug-likeness (QED) is 0.339. The average Bonchev–Trinajstić information content (AvgIpc) is 3.51. The van der Waals surface area contributed by atoms with Gasteiger partial charge < -0.3 is 9.64 Å². The Labute approximate surface area is 203 Å². The van der Waals surface area contributed by atoms with Gasteiger partial charge in [0, 0.05) is 19.2 Å². The number of para-hydroxylation sites is 1. The van der Waals surface area contributed by atoms with E-state index in [1.165, 1.54) is 33.8 Å². The zero-order valence-electron chi connectivity index (χ0n) is 19.7. The van der Waals surface area contributed by atoms with Gasteiger partial charge in [-0.05, 0) is 26.0 Å². The number of carbonyl (C=O) groups is 2. The summed E-state index contributed by atoms with van der Waals surface area (Å²) in [6, 6.07) is 6.70. The fourth-order valence-corrected chi connectivity index (χ4v) is 4.92. The van der Waals surface area contributed by atoms with Crippen LogP contribution >= 0.6 is 11.3 Å². The number of methoxy groups -OCH3 is 1. The van der Waals surface area contributed by atoms with Crippen molar-refractivity contribution in [2.45, 2.75) is 26.9 Å². The highest BCUT2D eigenvalue weighted by atomic mass is 32.1. The Bertz CT molecular complexity index is 1530. The number of hydrogen-bond acceptors (Lipinski definition) is 8. The molecule has 3 heterocycles. The van der Waals surface area contributed by atoms with Gasteiger partial charge in [0.25, 0.3) is 5.56 Å². The number of thiophene rings is 1. The molecule has 0 bridgehead atoms. The molecule has 35 heavy (non-hydrogen) atoms. The summed E-state index contributed by atoms with van der Waals surface area (Å²) in [7, 11) is 3.05. The Balaban J connectivity index is 1.94. The molecule has 0 saturated carbocycles. The van der Waals surface area contributed by atoms with Crippen LogP contribution in [-0.2, 0) is 17.9 Å². The molecule has 0 radical (unpaired) electrons. The molecule has 182 valence electrons. The Hall–Kier alpha value is -4.06. The molecule has 11 nitrogen and oxygen atoms in total. The van der Waals surface area contributed by atoms with Crippen molar-refractivity contribution in [1.82, 2.24) is 29.0 Å². The van der Waals surface area contributed by atoms with Crippen molar-refractivity contribution in [3.63, 3.8) is 0 Å². The van der Waals surface area contributed by atoms with E-state index in [9.17, 15) is 19.2 Å². The molecule has 0 atom stereocenters. The third-order valence-electron chi connectivity index (χ3n) is 5.77. The maximum absolute atomic E-state index is 13.5. The molecule has 4 aromatic rings. The number of aryl methyl sites for hydroxylation is 1. The Morgan fingerprint density at radius 3 is 2.43 bits per heavy atom. The number of nitrogens with zero attached hydrogens (tertiary/aromatic N) is 6. The molecular weight excluding hydrogens is 472 g/mol. The van der Waals surface area contributed by atoms with Gasteiger partial charge in [0.2, 0.25) is 5.91 Å². The molecule has 3 aromatic heterocycles. The van der Waals surface area contributed by atoms with E-state index in [2.05, 4.69) is 10.2 Å². The van der Waals surface area contributed by atoms with Gasteiger partial charge in [0.1, 0.15) is 22.1 Å². The lowest BCUT2D eigenvalue weighted by molar-refractivity contribution is -0.130. The molecule has 0 aliphatic rings. The number of likely N-dealkylation sites (N-methyl/N-ethyl adjacent to an activating group) is 1. The van der Waals surface area contributed by atoms with Crippen LogP contribution in [0.15, 0.2) is 46.2 Å². The van der Waals surface area contributed by atoms with E-state index in [-0.39, 0.29) is 17.7 Å². The first kappa shape index (κ1) is 24.1. The number of ketones is 1. The summed E-state index contributed by atoms with van der Waals surface area (Å²) in [5, 5.41) is 9.05. The SMILES string of the molecule is CCN(C)C(=O)Cn1c(=O)c2c(C)c(-n3nccn3)sc2n(CC(=O)c2ccccc2OC)c1=O. The van der Waals surface area contributed by atoms with Crippen LogP contribution in [0.4, 0.5) is 0 Å². The van der Waals surface area contributed by atoms with Gasteiger partial charge >= 0.3 is 5.69 Å². The van der Waals surface area contributed by atoms with E-state index < -0.39 is 23.7 Å². The van der Waals surface area contributed by atoms with Crippen LogP contribution < -0.4 is 16.0 Å². The van der Waals surface area contributed by atoms with E-state index in [1.54, 1.807) is 45.2 Å². The fourth-order valence-electron chi connectivity index (χ4n) is 3.71. The lowest BCUT2D eigenvalue weighted by Gasteiger charge is -2.16. The summed E-state index contributed by atoms with van der Waals surface area (Å²) in [5.74, 6) is -0.396. The Morgan fingerprint density at radius 1 is 1.09 bits per heavy atom. The predicted molar refractivity (Wildman–Crippen MR) is 131 cm³/mol. The molecule has 1 aromatic carbocycles. The molecule has 0 aliphatic carbocycles. The maximum Gasteiger partial charge on any atom is 0.333 e. The Morgan fingerprint density at radius 2 is 1.77 bits per heavy atom. The summed E-state index contributed by atoms with van der Waals surface area (Å²) in [4.78, 5) is 55.9. The van der Waals surface area contributed by atoms with E-state index in [0.29, 0.717) is 33.3 Å². The smallest absolute Gasteiger partial charge is 0.333 e. The third kappa shape index (κ3) is 4.28. The van der Waals surface area contributed by atoms with Crippen LogP contribution in [-0.4, -0.2) is 61.4 Å². The van der Waals surface area contributed by atoms with Crippen LogP contribution in [0.3, 0.4) is 0 Å². The number of hydrogen-bond donors (Lipinski definition) is 0. The van der Waals surface area contributed by atoms with E-state index in [0.717, 1.165) is 15.9 Å². The zero-order chi connectivity index (χ0) is 25.3. The number of ether oxygens (including phenoxy) is 1. The average molecular weight is 497 g/mol. The minimum atomic E-state index is -0.746. The van der Waals surface area contributed by atoms with Crippen molar-refractivity contribution in [3.8, 4) is 10.8 Å². The van der Waals surface area contributed by atoms with Crippen molar-refractivity contribution in [3.05, 3.63) is 68.6 Å². The number of benzene rings is 1. The topological polar surface area (TPSA) is 121 Å². The van der Waals surface area contributed by atoms with Gasteiger partial charge in [0.05, 0.1) is 37.0 Å². The second kappa shape index (κ2) is 9.66. The number of rotatable bonds is 8. The van der Waals surface area contributed by atoms with Crippen molar-refractivity contribution < 1.29 is 14.3 Å². The molecule has 4 rings (SSSR count).